The molecular formula is C22H18N2O2. The number of hydrazone groups is 1. The first kappa shape index (κ1) is 15.0. The standard InChI is InChI=1S/C22H18N2O2/c25-20-12-6-4-10-16(20)18-14-19-17-11-5-7-13-21(17)26-22(24(19)23-18)15-8-2-1-3-9-15/h1-13,19,22,25H,14H2. The van der Waals surface area contributed by atoms with Gasteiger partial charge in [0.1, 0.15) is 11.5 Å². The molecule has 0 aliphatic carbocycles. The van der Waals surface area contributed by atoms with Gasteiger partial charge in [-0.1, -0.05) is 60.7 Å². The highest BCUT2D eigenvalue weighted by molar-refractivity contribution is 6.04. The first-order valence-corrected chi connectivity index (χ1v) is 8.76. The highest BCUT2D eigenvalue weighted by Gasteiger charge is 2.41. The summed E-state index contributed by atoms with van der Waals surface area (Å²) in [7, 11) is 0. The van der Waals surface area contributed by atoms with Crippen LogP contribution in [-0.4, -0.2) is 15.8 Å². The van der Waals surface area contributed by atoms with Crippen LogP contribution in [0.15, 0.2) is 84.0 Å². The number of rotatable bonds is 2. The average molecular weight is 342 g/mol. The number of phenols is 1. The minimum absolute atomic E-state index is 0.0970. The molecule has 2 unspecified atom stereocenters. The Morgan fingerprint density at radius 3 is 2.46 bits per heavy atom. The Morgan fingerprint density at radius 1 is 0.885 bits per heavy atom. The molecule has 3 aromatic carbocycles. The van der Waals surface area contributed by atoms with Crippen molar-refractivity contribution in [2.75, 3.05) is 0 Å². The summed E-state index contributed by atoms with van der Waals surface area (Å²) >= 11 is 0. The van der Waals surface area contributed by atoms with Crippen molar-refractivity contribution in [2.24, 2.45) is 5.10 Å². The van der Waals surface area contributed by atoms with E-state index in [2.05, 4.69) is 18.2 Å². The Morgan fingerprint density at radius 2 is 1.62 bits per heavy atom. The Balaban J connectivity index is 1.62. The number of para-hydroxylation sites is 2. The number of ether oxygens (including phenoxy) is 1. The van der Waals surface area contributed by atoms with E-state index in [0.29, 0.717) is 0 Å². The molecule has 128 valence electrons. The summed E-state index contributed by atoms with van der Waals surface area (Å²) in [5.41, 5.74) is 3.86. The van der Waals surface area contributed by atoms with E-state index >= 15 is 0 Å². The van der Waals surface area contributed by atoms with Crippen molar-refractivity contribution in [1.29, 1.82) is 0 Å². The van der Waals surface area contributed by atoms with E-state index in [4.69, 9.17) is 9.84 Å². The lowest BCUT2D eigenvalue weighted by atomic mass is 9.95. The molecule has 26 heavy (non-hydrogen) atoms. The molecule has 0 saturated carbocycles. The number of hydrogen-bond acceptors (Lipinski definition) is 4. The molecule has 4 heteroatoms. The summed E-state index contributed by atoms with van der Waals surface area (Å²) in [6.45, 7) is 0. The van der Waals surface area contributed by atoms with Crippen LogP contribution in [0.1, 0.15) is 35.4 Å². The zero-order chi connectivity index (χ0) is 17.5. The molecule has 0 amide bonds. The molecular weight excluding hydrogens is 324 g/mol. The topological polar surface area (TPSA) is 45.1 Å². The minimum atomic E-state index is -0.278. The fourth-order valence-corrected chi connectivity index (χ4v) is 3.75. The van der Waals surface area contributed by atoms with Gasteiger partial charge in [-0.3, -0.25) is 0 Å². The van der Waals surface area contributed by atoms with E-state index in [-0.39, 0.29) is 18.0 Å². The van der Waals surface area contributed by atoms with E-state index in [0.717, 1.165) is 34.6 Å². The normalized spacial score (nSPS) is 20.8. The van der Waals surface area contributed by atoms with Crippen LogP contribution in [0.4, 0.5) is 0 Å². The predicted octanol–water partition coefficient (Wildman–Crippen LogP) is 4.63. The van der Waals surface area contributed by atoms with Gasteiger partial charge < -0.3 is 9.84 Å². The lowest BCUT2D eigenvalue weighted by molar-refractivity contribution is -0.0190. The summed E-state index contributed by atoms with van der Waals surface area (Å²) in [4.78, 5) is 0. The van der Waals surface area contributed by atoms with Crippen LogP contribution in [0.5, 0.6) is 11.5 Å². The molecule has 0 saturated heterocycles. The fourth-order valence-electron chi connectivity index (χ4n) is 3.75. The van der Waals surface area contributed by atoms with Crippen LogP contribution in [0, 0.1) is 0 Å². The number of benzene rings is 3. The molecule has 2 aliphatic heterocycles. The zero-order valence-electron chi connectivity index (χ0n) is 14.1. The van der Waals surface area contributed by atoms with Gasteiger partial charge in [0, 0.05) is 23.1 Å². The Bertz CT molecular complexity index is 984. The second kappa shape index (κ2) is 5.92. The number of hydrogen-bond donors (Lipinski definition) is 1. The summed E-state index contributed by atoms with van der Waals surface area (Å²) in [5.74, 6) is 1.16. The molecule has 0 aromatic heterocycles. The SMILES string of the molecule is Oc1ccccc1C1=NN2C(C1)c1ccccc1OC2c1ccccc1. The number of nitrogens with zero attached hydrogens (tertiary/aromatic N) is 2. The van der Waals surface area contributed by atoms with Crippen LogP contribution in [0.2, 0.25) is 0 Å². The molecule has 2 aliphatic rings. The monoisotopic (exact) mass is 342 g/mol. The van der Waals surface area contributed by atoms with E-state index in [1.807, 2.05) is 59.6 Å². The van der Waals surface area contributed by atoms with E-state index < -0.39 is 0 Å². The maximum absolute atomic E-state index is 10.3. The van der Waals surface area contributed by atoms with Gasteiger partial charge in [0.2, 0.25) is 6.23 Å². The highest BCUT2D eigenvalue weighted by Crippen LogP contribution is 2.47. The van der Waals surface area contributed by atoms with Gasteiger partial charge in [0.05, 0.1) is 11.8 Å². The van der Waals surface area contributed by atoms with Gasteiger partial charge in [-0.2, -0.15) is 5.10 Å². The van der Waals surface area contributed by atoms with Crippen molar-refractivity contribution < 1.29 is 9.84 Å². The molecule has 0 spiro atoms. The third-order valence-corrected chi connectivity index (χ3v) is 5.00. The molecule has 0 bridgehead atoms. The molecule has 5 rings (SSSR count). The van der Waals surface area contributed by atoms with Gasteiger partial charge in [0.15, 0.2) is 0 Å². The minimum Gasteiger partial charge on any atom is -0.507 e. The number of phenolic OH excluding ortho intramolecular Hbond substituents is 1. The van der Waals surface area contributed by atoms with Crippen molar-refractivity contribution in [1.82, 2.24) is 5.01 Å². The summed E-state index contributed by atoms with van der Waals surface area (Å²) in [6, 6.07) is 25.7. The van der Waals surface area contributed by atoms with E-state index in [9.17, 15) is 5.11 Å². The number of fused-ring (bicyclic) bond motifs is 3. The smallest absolute Gasteiger partial charge is 0.213 e. The second-order valence-electron chi connectivity index (χ2n) is 6.58. The average Bonchev–Trinajstić information content (AvgIpc) is 3.14. The first-order valence-electron chi connectivity index (χ1n) is 8.76. The van der Waals surface area contributed by atoms with Crippen LogP contribution >= 0.6 is 0 Å². The van der Waals surface area contributed by atoms with E-state index in [1.165, 1.54) is 0 Å². The lowest BCUT2D eigenvalue weighted by Gasteiger charge is -2.38. The van der Waals surface area contributed by atoms with Crippen LogP contribution < -0.4 is 4.74 Å². The number of aromatic hydroxyl groups is 1. The second-order valence-corrected chi connectivity index (χ2v) is 6.58. The van der Waals surface area contributed by atoms with Gasteiger partial charge in [-0.25, -0.2) is 5.01 Å². The fraction of sp³-hybridized carbons (Fsp3) is 0.136. The van der Waals surface area contributed by atoms with E-state index in [1.54, 1.807) is 6.07 Å². The first-order chi connectivity index (χ1) is 12.8. The van der Waals surface area contributed by atoms with Crippen molar-refractivity contribution in [3.8, 4) is 11.5 Å². The van der Waals surface area contributed by atoms with Crippen LogP contribution in [0.3, 0.4) is 0 Å². The van der Waals surface area contributed by atoms with Gasteiger partial charge in [-0.05, 0) is 18.2 Å². The quantitative estimate of drug-likeness (QED) is 0.738. The largest absolute Gasteiger partial charge is 0.507 e. The molecule has 1 N–H and O–H groups in total. The highest BCUT2D eigenvalue weighted by atomic mass is 16.5. The predicted molar refractivity (Wildman–Crippen MR) is 100 cm³/mol. The molecule has 3 aromatic rings. The maximum Gasteiger partial charge on any atom is 0.213 e. The zero-order valence-corrected chi connectivity index (χ0v) is 14.1. The summed E-state index contributed by atoms with van der Waals surface area (Å²) < 4.78 is 6.30. The van der Waals surface area contributed by atoms with Crippen molar-refractivity contribution in [3.05, 3.63) is 95.6 Å². The van der Waals surface area contributed by atoms with Gasteiger partial charge >= 0.3 is 0 Å². The third kappa shape index (κ3) is 2.34. The molecule has 2 atom stereocenters. The van der Waals surface area contributed by atoms with Gasteiger partial charge in [-0.15, -0.1) is 0 Å². The van der Waals surface area contributed by atoms with Crippen LogP contribution in [-0.2, 0) is 0 Å². The lowest BCUT2D eigenvalue weighted by Crippen LogP contribution is -2.33. The van der Waals surface area contributed by atoms with Crippen LogP contribution in [0.25, 0.3) is 0 Å². The molecule has 0 fully saturated rings. The van der Waals surface area contributed by atoms with Crippen molar-refractivity contribution in [3.63, 3.8) is 0 Å². The Hall–Kier alpha value is -3.27. The van der Waals surface area contributed by atoms with Gasteiger partial charge in [0.25, 0.3) is 0 Å². The molecule has 0 radical (unpaired) electrons. The van der Waals surface area contributed by atoms with Crippen molar-refractivity contribution in [2.45, 2.75) is 18.7 Å². The molecule has 2 heterocycles. The summed E-state index contributed by atoms with van der Waals surface area (Å²) in [5, 5.41) is 17.1. The summed E-state index contributed by atoms with van der Waals surface area (Å²) in [6.07, 6.45) is 0.459. The van der Waals surface area contributed by atoms with Crippen molar-refractivity contribution >= 4 is 5.71 Å². The molecule has 4 nitrogen and oxygen atoms in total. The Kier molecular flexibility index (Phi) is 3.42. The maximum atomic E-state index is 10.3. The Labute approximate surface area is 152 Å². The third-order valence-electron chi connectivity index (χ3n) is 5.00.